The smallest absolute Gasteiger partial charge is 0.0753 e. The molecule has 1 aliphatic heterocycles. The Kier molecular flexibility index (Phi) is 3.64. The van der Waals surface area contributed by atoms with Crippen LogP contribution in [0.5, 0.6) is 0 Å². The van der Waals surface area contributed by atoms with Crippen molar-refractivity contribution in [1.29, 1.82) is 0 Å². The predicted molar refractivity (Wildman–Crippen MR) is 59.4 cm³/mol. The van der Waals surface area contributed by atoms with Gasteiger partial charge >= 0.3 is 0 Å². The van der Waals surface area contributed by atoms with Gasteiger partial charge in [-0.1, -0.05) is 0 Å². The Balaban J connectivity index is 1.79. The number of rotatable bonds is 4. The van der Waals surface area contributed by atoms with E-state index in [1.807, 2.05) is 6.20 Å². The Morgan fingerprint density at radius 1 is 1.60 bits per heavy atom. The lowest BCUT2D eigenvalue weighted by atomic mass is 10.1. The molecular weight excluding hydrogens is 188 g/mol. The number of hydrogen-bond donors (Lipinski definition) is 2. The molecule has 1 aliphatic rings. The van der Waals surface area contributed by atoms with Crippen LogP contribution in [-0.2, 0) is 0 Å². The average molecular weight is 206 g/mol. The van der Waals surface area contributed by atoms with Gasteiger partial charge in [0.15, 0.2) is 0 Å². The zero-order valence-electron chi connectivity index (χ0n) is 9.11. The van der Waals surface area contributed by atoms with Gasteiger partial charge in [-0.15, -0.1) is 0 Å². The van der Waals surface area contributed by atoms with Crippen LogP contribution in [0, 0.1) is 5.92 Å². The van der Waals surface area contributed by atoms with Gasteiger partial charge in [0.2, 0.25) is 0 Å². The molecule has 15 heavy (non-hydrogen) atoms. The van der Waals surface area contributed by atoms with E-state index < -0.39 is 0 Å². The van der Waals surface area contributed by atoms with Crippen LogP contribution in [0.25, 0.3) is 0 Å². The molecule has 2 atom stereocenters. The van der Waals surface area contributed by atoms with Crippen molar-refractivity contribution in [3.05, 3.63) is 24.3 Å². The van der Waals surface area contributed by atoms with E-state index in [1.165, 1.54) is 6.42 Å². The first-order chi connectivity index (χ1) is 7.36. The van der Waals surface area contributed by atoms with Crippen molar-refractivity contribution in [3.8, 4) is 0 Å². The van der Waals surface area contributed by atoms with Crippen LogP contribution >= 0.6 is 0 Å². The molecule has 2 rings (SSSR count). The van der Waals surface area contributed by atoms with Gasteiger partial charge in [-0.25, -0.2) is 0 Å². The highest BCUT2D eigenvalue weighted by molar-refractivity contribution is 5.00. The molecule has 1 aromatic heterocycles. The predicted octanol–water partition coefficient (Wildman–Crippen LogP) is 0.737. The zero-order valence-corrected chi connectivity index (χ0v) is 9.11. The molecule has 4 heteroatoms. The number of nitrogens with zero attached hydrogens (tertiary/aromatic N) is 2. The van der Waals surface area contributed by atoms with Crippen molar-refractivity contribution in [3.63, 3.8) is 0 Å². The summed E-state index contributed by atoms with van der Waals surface area (Å²) in [4.78, 5) is 8.35. The van der Waals surface area contributed by atoms with E-state index in [4.69, 9.17) is 0 Å². The third-order valence-electron chi connectivity index (χ3n) is 2.90. The van der Waals surface area contributed by atoms with E-state index in [-0.39, 0.29) is 0 Å². The number of hydrogen-bond acceptors (Lipinski definition) is 4. The zero-order chi connectivity index (χ0) is 10.5. The van der Waals surface area contributed by atoms with Crippen LogP contribution in [0.2, 0.25) is 0 Å². The minimum absolute atomic E-state index is 0.291. The Morgan fingerprint density at radius 3 is 3.20 bits per heavy atom. The van der Waals surface area contributed by atoms with Crippen molar-refractivity contribution >= 4 is 0 Å². The standard InChI is InChI=1S/C11H18N4/c1-9(11-8-13-4-5-14-11)15-7-10-2-3-12-6-10/h4-5,8-10,12,15H,2-3,6-7H2,1H3. The molecule has 0 bridgehead atoms. The highest BCUT2D eigenvalue weighted by Crippen LogP contribution is 2.10. The molecule has 0 amide bonds. The summed E-state index contributed by atoms with van der Waals surface area (Å²) in [5.41, 5.74) is 1.02. The molecule has 1 fully saturated rings. The van der Waals surface area contributed by atoms with Crippen LogP contribution in [0.1, 0.15) is 25.1 Å². The second-order valence-corrected chi connectivity index (χ2v) is 4.12. The Bertz CT molecular complexity index is 282. The maximum atomic E-state index is 4.28. The van der Waals surface area contributed by atoms with E-state index in [9.17, 15) is 0 Å². The average Bonchev–Trinajstić information content (AvgIpc) is 2.80. The van der Waals surface area contributed by atoms with Gasteiger partial charge in [-0.3, -0.25) is 9.97 Å². The Labute approximate surface area is 90.5 Å². The van der Waals surface area contributed by atoms with Crippen LogP contribution in [0.4, 0.5) is 0 Å². The molecule has 1 aromatic rings. The highest BCUT2D eigenvalue weighted by atomic mass is 15.0. The fourth-order valence-corrected chi connectivity index (χ4v) is 1.87. The molecule has 1 saturated heterocycles. The van der Waals surface area contributed by atoms with Crippen LogP contribution in [0.3, 0.4) is 0 Å². The molecule has 2 unspecified atom stereocenters. The monoisotopic (exact) mass is 206 g/mol. The van der Waals surface area contributed by atoms with Gasteiger partial charge in [0.05, 0.1) is 5.69 Å². The summed E-state index contributed by atoms with van der Waals surface area (Å²) in [5, 5.41) is 6.87. The molecule has 2 N–H and O–H groups in total. The molecule has 0 radical (unpaired) electrons. The quantitative estimate of drug-likeness (QED) is 0.763. The molecule has 2 heterocycles. The third-order valence-corrected chi connectivity index (χ3v) is 2.90. The maximum absolute atomic E-state index is 4.28. The topological polar surface area (TPSA) is 49.8 Å². The minimum atomic E-state index is 0.291. The summed E-state index contributed by atoms with van der Waals surface area (Å²) < 4.78 is 0. The summed E-state index contributed by atoms with van der Waals surface area (Å²) in [6, 6.07) is 0.291. The molecule has 82 valence electrons. The first kappa shape index (κ1) is 10.5. The van der Waals surface area contributed by atoms with E-state index in [0.717, 1.165) is 31.2 Å². The lowest BCUT2D eigenvalue weighted by Gasteiger charge is -2.15. The summed E-state index contributed by atoms with van der Waals surface area (Å²) >= 11 is 0. The second-order valence-electron chi connectivity index (χ2n) is 4.12. The summed E-state index contributed by atoms with van der Waals surface area (Å²) in [6.45, 7) is 5.49. The van der Waals surface area contributed by atoms with E-state index in [0.29, 0.717) is 6.04 Å². The molecule has 0 saturated carbocycles. The summed E-state index contributed by atoms with van der Waals surface area (Å²) in [5.74, 6) is 0.768. The normalized spacial score (nSPS) is 22.9. The van der Waals surface area contributed by atoms with Crippen molar-refractivity contribution in [1.82, 2.24) is 20.6 Å². The van der Waals surface area contributed by atoms with Gasteiger partial charge in [-0.05, 0) is 38.9 Å². The van der Waals surface area contributed by atoms with E-state index >= 15 is 0 Å². The lowest BCUT2D eigenvalue weighted by Crippen LogP contribution is -2.27. The van der Waals surface area contributed by atoms with Crippen LogP contribution in [0.15, 0.2) is 18.6 Å². The first-order valence-electron chi connectivity index (χ1n) is 5.56. The van der Waals surface area contributed by atoms with E-state index in [2.05, 4.69) is 27.5 Å². The second kappa shape index (κ2) is 5.19. The van der Waals surface area contributed by atoms with Gasteiger partial charge < -0.3 is 10.6 Å². The van der Waals surface area contributed by atoms with Gasteiger partial charge in [-0.2, -0.15) is 0 Å². The molecular formula is C11H18N4. The fraction of sp³-hybridized carbons (Fsp3) is 0.636. The summed E-state index contributed by atoms with van der Waals surface area (Å²) in [6.07, 6.45) is 6.55. The van der Waals surface area contributed by atoms with Crippen molar-refractivity contribution in [2.45, 2.75) is 19.4 Å². The summed E-state index contributed by atoms with van der Waals surface area (Å²) in [7, 11) is 0. The molecule has 4 nitrogen and oxygen atoms in total. The van der Waals surface area contributed by atoms with Crippen LogP contribution < -0.4 is 10.6 Å². The largest absolute Gasteiger partial charge is 0.316 e. The van der Waals surface area contributed by atoms with Crippen LogP contribution in [-0.4, -0.2) is 29.6 Å². The Hall–Kier alpha value is -1.00. The van der Waals surface area contributed by atoms with E-state index in [1.54, 1.807) is 12.4 Å². The first-order valence-corrected chi connectivity index (χ1v) is 5.56. The highest BCUT2D eigenvalue weighted by Gasteiger charge is 2.15. The minimum Gasteiger partial charge on any atom is -0.316 e. The third kappa shape index (κ3) is 2.97. The van der Waals surface area contributed by atoms with Crippen molar-refractivity contribution in [2.24, 2.45) is 5.92 Å². The maximum Gasteiger partial charge on any atom is 0.0753 e. The fourth-order valence-electron chi connectivity index (χ4n) is 1.87. The number of nitrogens with one attached hydrogen (secondary N) is 2. The van der Waals surface area contributed by atoms with Gasteiger partial charge in [0.25, 0.3) is 0 Å². The Morgan fingerprint density at radius 2 is 2.53 bits per heavy atom. The lowest BCUT2D eigenvalue weighted by molar-refractivity contribution is 0.464. The number of aromatic nitrogens is 2. The molecule has 0 aliphatic carbocycles. The van der Waals surface area contributed by atoms with Crippen molar-refractivity contribution < 1.29 is 0 Å². The van der Waals surface area contributed by atoms with Gasteiger partial charge in [0.1, 0.15) is 0 Å². The SMILES string of the molecule is CC(NCC1CCNC1)c1cnccn1. The molecule has 0 spiro atoms. The van der Waals surface area contributed by atoms with Gasteiger partial charge in [0, 0.05) is 24.6 Å². The van der Waals surface area contributed by atoms with Crippen molar-refractivity contribution in [2.75, 3.05) is 19.6 Å². The molecule has 0 aromatic carbocycles.